The van der Waals surface area contributed by atoms with Crippen LogP contribution in [0, 0.1) is 0 Å². The lowest BCUT2D eigenvalue weighted by molar-refractivity contribution is -0.137. The lowest BCUT2D eigenvalue weighted by Crippen LogP contribution is -2.49. The molecule has 2 N–H and O–H groups in total. The number of thiocarbonyl (C=S) groups is 1. The van der Waals surface area contributed by atoms with Crippen LogP contribution in [0.25, 0.3) is 10.8 Å². The second-order valence-corrected chi connectivity index (χ2v) is 13.8. The predicted octanol–water partition coefficient (Wildman–Crippen LogP) is 7.77. The molecule has 2 aliphatic rings. The highest BCUT2D eigenvalue weighted by Crippen LogP contribution is 2.49. The fraction of sp³-hybridized carbons (Fsp3) is 0.361. The number of nitrogens with two attached hydrogens (primary N) is 1. The van der Waals surface area contributed by atoms with Crippen molar-refractivity contribution in [3.63, 3.8) is 0 Å². The van der Waals surface area contributed by atoms with Crippen LogP contribution in [-0.2, 0) is 17.3 Å². The largest absolute Gasteiger partial charge is 0.484 e. The van der Waals surface area contributed by atoms with Gasteiger partial charge in [-0.2, -0.15) is 13.2 Å². The lowest BCUT2D eigenvalue weighted by atomic mass is 9.93. The standard InChI is InChI=1S/C36H39F3N4OS2/c1-35(40,25-26-11-12-27-7-2-3-8-28(27)23-26)34(45)44-22-21-42-19-17-41(18-20-42)15-6-16-43-30-9-4-5-10-32(30)46-33-14-13-29(24-31(33)43)36(37,38)39/h2-5,7-14,23-24H,6,15-22,25,40H2,1H3. The van der Waals surface area contributed by atoms with Crippen LogP contribution in [0.1, 0.15) is 24.5 Å². The first-order valence-corrected chi connectivity index (χ1v) is 16.9. The number of anilines is 2. The van der Waals surface area contributed by atoms with Crippen molar-refractivity contribution in [1.82, 2.24) is 9.80 Å². The summed E-state index contributed by atoms with van der Waals surface area (Å²) in [6, 6.07) is 26.7. The molecule has 0 aliphatic carbocycles. The van der Waals surface area contributed by atoms with E-state index in [4.69, 9.17) is 22.7 Å². The molecule has 0 bridgehead atoms. The van der Waals surface area contributed by atoms with Crippen molar-refractivity contribution in [1.29, 1.82) is 0 Å². The van der Waals surface area contributed by atoms with Crippen molar-refractivity contribution in [2.75, 3.05) is 57.3 Å². The van der Waals surface area contributed by atoms with E-state index in [-0.39, 0.29) is 0 Å². The molecule has 0 aromatic heterocycles. The molecule has 0 amide bonds. The van der Waals surface area contributed by atoms with Gasteiger partial charge >= 0.3 is 6.18 Å². The summed E-state index contributed by atoms with van der Waals surface area (Å²) >= 11 is 7.14. The molecule has 4 aromatic carbocycles. The number of alkyl halides is 3. The van der Waals surface area contributed by atoms with Crippen LogP contribution >= 0.6 is 24.0 Å². The zero-order valence-corrected chi connectivity index (χ0v) is 27.6. The Kier molecular flexibility index (Phi) is 9.91. The van der Waals surface area contributed by atoms with Crippen LogP contribution in [-0.4, -0.2) is 72.8 Å². The maximum Gasteiger partial charge on any atom is 0.416 e. The zero-order valence-electron chi connectivity index (χ0n) is 25.9. The van der Waals surface area contributed by atoms with E-state index in [9.17, 15) is 13.2 Å². The van der Waals surface area contributed by atoms with Crippen LogP contribution in [0.15, 0.2) is 94.7 Å². The first-order valence-electron chi connectivity index (χ1n) is 15.7. The van der Waals surface area contributed by atoms with E-state index >= 15 is 0 Å². The van der Waals surface area contributed by atoms with Crippen LogP contribution in [0.3, 0.4) is 0 Å². The Morgan fingerprint density at radius 2 is 1.48 bits per heavy atom. The van der Waals surface area contributed by atoms with Crippen molar-refractivity contribution in [3.05, 3.63) is 96.1 Å². The number of hydrogen-bond acceptors (Lipinski definition) is 7. The van der Waals surface area contributed by atoms with Gasteiger partial charge < -0.3 is 20.3 Å². The van der Waals surface area contributed by atoms with Gasteiger partial charge in [0.25, 0.3) is 0 Å². The van der Waals surface area contributed by atoms with Crippen LogP contribution in [0.2, 0.25) is 0 Å². The fourth-order valence-electron chi connectivity index (χ4n) is 6.21. The highest BCUT2D eigenvalue weighted by molar-refractivity contribution is 7.99. The lowest BCUT2D eigenvalue weighted by Gasteiger charge is -2.36. The summed E-state index contributed by atoms with van der Waals surface area (Å²) < 4.78 is 46.6. The van der Waals surface area contributed by atoms with Gasteiger partial charge in [0, 0.05) is 49.1 Å². The van der Waals surface area contributed by atoms with Crippen molar-refractivity contribution in [3.8, 4) is 0 Å². The van der Waals surface area contributed by atoms with Crippen molar-refractivity contribution in [2.24, 2.45) is 5.73 Å². The minimum absolute atomic E-state index is 0.431. The summed E-state index contributed by atoms with van der Waals surface area (Å²) in [5.41, 5.74) is 7.97. The summed E-state index contributed by atoms with van der Waals surface area (Å²) in [4.78, 5) is 8.78. The second kappa shape index (κ2) is 13.9. The molecule has 46 heavy (non-hydrogen) atoms. The molecule has 1 saturated heterocycles. The van der Waals surface area contributed by atoms with Gasteiger partial charge in [0.15, 0.2) is 5.05 Å². The van der Waals surface area contributed by atoms with Gasteiger partial charge in [-0.1, -0.05) is 66.4 Å². The van der Waals surface area contributed by atoms with E-state index < -0.39 is 17.3 Å². The Morgan fingerprint density at radius 3 is 2.24 bits per heavy atom. The fourth-order valence-corrected chi connectivity index (χ4v) is 7.44. The van der Waals surface area contributed by atoms with E-state index in [2.05, 4.69) is 45.0 Å². The Balaban J connectivity index is 0.953. The summed E-state index contributed by atoms with van der Waals surface area (Å²) in [6.45, 7) is 8.45. The summed E-state index contributed by atoms with van der Waals surface area (Å²) in [6.07, 6.45) is -2.93. The third kappa shape index (κ3) is 7.69. The maximum absolute atomic E-state index is 13.5. The van der Waals surface area contributed by atoms with Gasteiger partial charge in [0.1, 0.15) is 6.61 Å². The van der Waals surface area contributed by atoms with Gasteiger partial charge in [0.05, 0.1) is 22.5 Å². The molecule has 4 aromatic rings. The molecule has 242 valence electrons. The topological polar surface area (TPSA) is 45.0 Å². The van der Waals surface area contributed by atoms with Crippen molar-refractivity contribution >= 4 is 51.2 Å². The quantitative estimate of drug-likeness (QED) is 0.174. The van der Waals surface area contributed by atoms with Gasteiger partial charge in [-0.05, 0) is 85.2 Å². The number of ether oxygens (including phenoxy) is 1. The molecule has 5 nitrogen and oxygen atoms in total. The first kappa shape index (κ1) is 32.8. The smallest absolute Gasteiger partial charge is 0.416 e. The van der Waals surface area contributed by atoms with Gasteiger partial charge in [-0.3, -0.25) is 4.90 Å². The first-order chi connectivity index (χ1) is 22.1. The Labute approximate surface area is 278 Å². The number of benzene rings is 4. The second-order valence-electron chi connectivity index (χ2n) is 12.4. The number of rotatable bonds is 10. The van der Waals surface area contributed by atoms with E-state index in [0.29, 0.717) is 30.3 Å². The number of para-hydroxylation sites is 1. The van der Waals surface area contributed by atoms with Gasteiger partial charge in [-0.25, -0.2) is 0 Å². The summed E-state index contributed by atoms with van der Waals surface area (Å²) in [5.74, 6) is 0. The average molecular weight is 665 g/mol. The minimum Gasteiger partial charge on any atom is -0.484 e. The zero-order chi connectivity index (χ0) is 32.3. The number of fused-ring (bicyclic) bond motifs is 3. The Hall–Kier alpha value is -3.15. The molecular formula is C36H39F3N4OS2. The van der Waals surface area contributed by atoms with E-state index in [1.54, 1.807) is 6.07 Å². The predicted molar refractivity (Wildman–Crippen MR) is 185 cm³/mol. The molecule has 0 saturated carbocycles. The highest BCUT2D eigenvalue weighted by Gasteiger charge is 2.33. The van der Waals surface area contributed by atoms with E-state index in [1.165, 1.54) is 34.7 Å². The number of halogens is 3. The maximum atomic E-state index is 13.5. The molecule has 0 spiro atoms. The third-order valence-corrected chi connectivity index (χ3v) is 10.5. The monoisotopic (exact) mass is 664 g/mol. The number of piperazine rings is 1. The third-order valence-electron chi connectivity index (χ3n) is 8.77. The molecule has 1 unspecified atom stereocenters. The summed E-state index contributed by atoms with van der Waals surface area (Å²) in [5, 5.41) is 2.81. The Bertz CT molecular complexity index is 1690. The van der Waals surface area contributed by atoms with Gasteiger partial charge in [0.2, 0.25) is 0 Å². The van der Waals surface area contributed by atoms with Crippen LogP contribution in [0.5, 0.6) is 0 Å². The molecular weight excluding hydrogens is 626 g/mol. The molecule has 2 aliphatic heterocycles. The minimum atomic E-state index is -4.38. The van der Waals surface area contributed by atoms with E-state index in [1.807, 2.05) is 43.3 Å². The van der Waals surface area contributed by atoms with Gasteiger partial charge in [-0.15, -0.1) is 0 Å². The number of hydrogen-bond donors (Lipinski definition) is 1. The average Bonchev–Trinajstić information content (AvgIpc) is 3.04. The molecule has 1 atom stereocenters. The van der Waals surface area contributed by atoms with Crippen LogP contribution < -0.4 is 10.6 Å². The normalized spacial score (nSPS) is 16.9. The molecule has 2 heterocycles. The Morgan fingerprint density at radius 1 is 0.804 bits per heavy atom. The summed E-state index contributed by atoms with van der Waals surface area (Å²) in [7, 11) is 0. The van der Waals surface area contributed by atoms with Crippen molar-refractivity contribution < 1.29 is 17.9 Å². The molecule has 0 radical (unpaired) electrons. The number of nitrogens with zero attached hydrogens (tertiary/aromatic N) is 3. The SMILES string of the molecule is CC(N)(Cc1ccc2ccccc2c1)C(=S)OCCN1CCN(CCCN2c3ccccc3Sc3ccc(C(F)(F)F)cc32)CC1. The molecule has 1 fully saturated rings. The van der Waals surface area contributed by atoms with Crippen LogP contribution in [0.4, 0.5) is 24.5 Å². The van der Waals surface area contributed by atoms with E-state index in [0.717, 1.165) is 66.7 Å². The molecule has 10 heteroatoms. The molecule has 6 rings (SSSR count). The van der Waals surface area contributed by atoms with Crippen molar-refractivity contribution in [2.45, 2.75) is 41.3 Å². The highest BCUT2D eigenvalue weighted by atomic mass is 32.2.